The summed E-state index contributed by atoms with van der Waals surface area (Å²) in [6.45, 7) is 2.33. The van der Waals surface area contributed by atoms with E-state index in [2.05, 4.69) is 24.3 Å². The largest absolute Gasteiger partial charge is 0.368 e. The fourth-order valence-electron chi connectivity index (χ4n) is 5.79. The number of hydrogen-bond acceptors (Lipinski definition) is 4. The predicted molar refractivity (Wildman–Crippen MR) is 177 cm³/mol. The molecule has 0 bridgehead atoms. The molecule has 1 saturated heterocycles. The molecule has 0 radical (unpaired) electrons. The molecule has 238 valence electrons. The number of benzene rings is 3. The van der Waals surface area contributed by atoms with E-state index in [1.54, 1.807) is 18.2 Å². The smallest absolute Gasteiger partial charge is 0.246 e. The third kappa shape index (κ3) is 9.31. The number of nitrogens with two attached hydrogens (primary N) is 1. The average molecular weight is 652 g/mol. The van der Waals surface area contributed by atoms with E-state index in [1.165, 1.54) is 14.7 Å². The van der Waals surface area contributed by atoms with Gasteiger partial charge in [0.1, 0.15) is 6.04 Å². The van der Waals surface area contributed by atoms with E-state index < -0.39 is 17.9 Å². The van der Waals surface area contributed by atoms with Gasteiger partial charge in [-0.1, -0.05) is 103 Å². The fourth-order valence-corrected chi connectivity index (χ4v) is 6.29. The van der Waals surface area contributed by atoms with Crippen LogP contribution in [0, 0.1) is 0 Å². The van der Waals surface area contributed by atoms with E-state index in [1.807, 2.05) is 43.3 Å². The molecular weight excluding hydrogens is 611 g/mol. The van der Waals surface area contributed by atoms with Gasteiger partial charge in [0.05, 0.1) is 19.5 Å². The summed E-state index contributed by atoms with van der Waals surface area (Å²) in [6, 6.07) is 24.2. The molecular formula is C35H40Cl2N4O4. The minimum absolute atomic E-state index is 0.0418. The van der Waals surface area contributed by atoms with E-state index >= 15 is 0 Å². The van der Waals surface area contributed by atoms with Crippen molar-refractivity contribution in [2.24, 2.45) is 5.73 Å². The number of primary amides is 1. The van der Waals surface area contributed by atoms with Gasteiger partial charge in [0.2, 0.25) is 23.6 Å². The van der Waals surface area contributed by atoms with Crippen molar-refractivity contribution in [3.8, 4) is 0 Å². The number of hydrogen-bond donors (Lipinski definition) is 1. The Kier molecular flexibility index (Phi) is 12.4. The van der Waals surface area contributed by atoms with Crippen molar-refractivity contribution in [2.45, 2.75) is 51.0 Å². The highest BCUT2D eigenvalue weighted by Gasteiger charge is 2.40. The van der Waals surface area contributed by atoms with Crippen molar-refractivity contribution in [1.29, 1.82) is 0 Å². The Balaban J connectivity index is 1.63. The van der Waals surface area contributed by atoms with Gasteiger partial charge < -0.3 is 20.4 Å². The molecule has 10 heteroatoms. The zero-order chi connectivity index (χ0) is 32.3. The number of carbonyl (C=O) groups excluding carboxylic acids is 4. The van der Waals surface area contributed by atoms with Gasteiger partial charge in [-0.15, -0.1) is 0 Å². The standard InChI is InChI=1S/C35H40Cl2N4O4/c1-2-3-18-40(23-32(38)42)35(45)31-22-33(43)39(19-16-27-14-15-28(36)21-30(27)37)24-34(44)41(31)20-17-29(25-10-6-4-7-11-25)26-12-8-5-9-13-26/h4-15,21,29,31H,2-3,16-20,22-24H2,1H3,(H2,38,42). The summed E-state index contributed by atoms with van der Waals surface area (Å²) in [7, 11) is 0. The molecule has 1 atom stereocenters. The first-order valence-corrected chi connectivity index (χ1v) is 16.1. The maximum atomic E-state index is 14.1. The first-order valence-electron chi connectivity index (χ1n) is 15.4. The Bertz CT molecular complexity index is 1430. The van der Waals surface area contributed by atoms with Crippen molar-refractivity contribution >= 4 is 46.8 Å². The predicted octanol–water partition coefficient (Wildman–Crippen LogP) is 5.30. The molecule has 1 fully saturated rings. The lowest BCUT2D eigenvalue weighted by Crippen LogP contribution is -2.53. The molecule has 3 aromatic rings. The second-order valence-electron chi connectivity index (χ2n) is 11.4. The molecule has 4 rings (SSSR count). The molecule has 1 unspecified atom stereocenters. The Hall–Kier alpha value is -3.88. The van der Waals surface area contributed by atoms with Crippen LogP contribution in [0.3, 0.4) is 0 Å². The van der Waals surface area contributed by atoms with Crippen LogP contribution in [0.5, 0.6) is 0 Å². The van der Waals surface area contributed by atoms with Gasteiger partial charge >= 0.3 is 0 Å². The molecule has 0 saturated carbocycles. The molecule has 1 aliphatic rings. The van der Waals surface area contributed by atoms with Crippen molar-refractivity contribution < 1.29 is 19.2 Å². The molecule has 0 aromatic heterocycles. The molecule has 1 heterocycles. The van der Waals surface area contributed by atoms with E-state index in [4.69, 9.17) is 28.9 Å². The van der Waals surface area contributed by atoms with Gasteiger partial charge in [0, 0.05) is 35.6 Å². The third-order valence-corrected chi connectivity index (χ3v) is 8.78. The van der Waals surface area contributed by atoms with E-state index in [-0.39, 0.29) is 50.3 Å². The van der Waals surface area contributed by atoms with Crippen molar-refractivity contribution in [3.63, 3.8) is 0 Å². The van der Waals surface area contributed by atoms with Gasteiger partial charge in [-0.25, -0.2) is 0 Å². The normalized spacial score (nSPS) is 15.3. The van der Waals surface area contributed by atoms with Gasteiger partial charge in [-0.05, 0) is 48.1 Å². The first-order chi connectivity index (χ1) is 21.7. The van der Waals surface area contributed by atoms with Crippen LogP contribution >= 0.6 is 23.2 Å². The zero-order valence-corrected chi connectivity index (χ0v) is 27.1. The Morgan fingerprint density at radius 2 is 1.58 bits per heavy atom. The molecule has 1 aliphatic heterocycles. The van der Waals surface area contributed by atoms with E-state index in [9.17, 15) is 19.2 Å². The summed E-state index contributed by atoms with van der Waals surface area (Å²) in [6.07, 6.45) is 2.21. The topological polar surface area (TPSA) is 104 Å². The van der Waals surface area contributed by atoms with Crippen LogP contribution in [0.25, 0.3) is 0 Å². The molecule has 4 amide bonds. The quantitative estimate of drug-likeness (QED) is 0.256. The average Bonchev–Trinajstić information content (AvgIpc) is 3.14. The van der Waals surface area contributed by atoms with Crippen LogP contribution in [0.1, 0.15) is 55.2 Å². The van der Waals surface area contributed by atoms with Gasteiger partial charge in [0.15, 0.2) is 0 Å². The number of halogens is 2. The Labute approximate surface area is 275 Å². The minimum atomic E-state index is -1.06. The molecule has 2 N–H and O–H groups in total. The first kappa shape index (κ1) is 34.0. The fraction of sp³-hybridized carbons (Fsp3) is 0.371. The van der Waals surface area contributed by atoms with Crippen LogP contribution in [-0.2, 0) is 25.6 Å². The summed E-state index contributed by atoms with van der Waals surface area (Å²) in [4.78, 5) is 58.0. The number of nitrogens with zero attached hydrogens (tertiary/aromatic N) is 3. The lowest BCUT2D eigenvalue weighted by molar-refractivity contribution is -0.146. The zero-order valence-electron chi connectivity index (χ0n) is 25.5. The molecule has 0 aliphatic carbocycles. The van der Waals surface area contributed by atoms with Gasteiger partial charge in [-0.2, -0.15) is 0 Å². The van der Waals surface area contributed by atoms with Crippen LogP contribution in [0.4, 0.5) is 0 Å². The summed E-state index contributed by atoms with van der Waals surface area (Å²) in [5.41, 5.74) is 8.49. The van der Waals surface area contributed by atoms with Crippen LogP contribution in [0.2, 0.25) is 10.0 Å². The summed E-state index contributed by atoms with van der Waals surface area (Å²) >= 11 is 12.4. The van der Waals surface area contributed by atoms with Crippen molar-refractivity contribution in [2.75, 3.05) is 32.7 Å². The number of amides is 4. The maximum absolute atomic E-state index is 14.1. The highest BCUT2D eigenvalue weighted by molar-refractivity contribution is 6.35. The van der Waals surface area contributed by atoms with E-state index in [0.29, 0.717) is 35.9 Å². The lowest BCUT2D eigenvalue weighted by Gasteiger charge is -2.33. The van der Waals surface area contributed by atoms with Gasteiger partial charge in [0.25, 0.3) is 0 Å². The SMILES string of the molecule is CCCCN(CC(N)=O)C(=O)C1CC(=O)N(CCc2ccc(Cl)cc2Cl)CC(=O)N1CCC(c1ccccc1)c1ccccc1. The molecule has 3 aromatic carbocycles. The minimum Gasteiger partial charge on any atom is -0.368 e. The number of rotatable bonds is 14. The second kappa shape index (κ2) is 16.4. The lowest BCUT2D eigenvalue weighted by atomic mass is 9.88. The second-order valence-corrected chi connectivity index (χ2v) is 12.2. The third-order valence-electron chi connectivity index (χ3n) is 8.20. The van der Waals surface area contributed by atoms with Crippen molar-refractivity contribution in [3.05, 3.63) is 106 Å². The van der Waals surface area contributed by atoms with Crippen molar-refractivity contribution in [1.82, 2.24) is 14.7 Å². The van der Waals surface area contributed by atoms with Crippen LogP contribution in [-0.4, -0.2) is 77.1 Å². The van der Waals surface area contributed by atoms with Gasteiger partial charge in [-0.3, -0.25) is 19.2 Å². The number of unbranched alkanes of at least 4 members (excludes halogenated alkanes) is 1. The molecule has 45 heavy (non-hydrogen) atoms. The van der Waals surface area contributed by atoms with Crippen LogP contribution < -0.4 is 5.73 Å². The monoisotopic (exact) mass is 650 g/mol. The van der Waals surface area contributed by atoms with E-state index in [0.717, 1.165) is 23.1 Å². The highest BCUT2D eigenvalue weighted by Crippen LogP contribution is 2.30. The Morgan fingerprint density at radius 1 is 0.933 bits per heavy atom. The molecule has 8 nitrogen and oxygen atoms in total. The molecule has 0 spiro atoms. The Morgan fingerprint density at radius 3 is 2.16 bits per heavy atom. The highest BCUT2D eigenvalue weighted by atomic mass is 35.5. The maximum Gasteiger partial charge on any atom is 0.246 e. The summed E-state index contributed by atoms with van der Waals surface area (Å²) in [5, 5.41) is 0.992. The van der Waals surface area contributed by atoms with Crippen LogP contribution in [0.15, 0.2) is 78.9 Å². The summed E-state index contributed by atoms with van der Waals surface area (Å²) in [5.74, 6) is -1.77. The number of carbonyl (C=O) groups is 4. The summed E-state index contributed by atoms with van der Waals surface area (Å²) < 4.78 is 0.